The molecule has 1 heterocycles. The van der Waals surface area contributed by atoms with E-state index in [1.165, 1.54) is 0 Å². The third kappa shape index (κ3) is 2.47. The molecule has 1 aromatic carbocycles. The van der Waals surface area contributed by atoms with E-state index in [4.69, 9.17) is 11.5 Å². The predicted octanol–water partition coefficient (Wildman–Crippen LogP) is 1.02. The molecule has 0 spiro atoms. The summed E-state index contributed by atoms with van der Waals surface area (Å²) in [6, 6.07) is 8.08. The van der Waals surface area contributed by atoms with Crippen LogP contribution in [0.2, 0.25) is 0 Å². The molecule has 1 atom stereocenters. The summed E-state index contributed by atoms with van der Waals surface area (Å²) in [5.74, 6) is -0.335. The van der Waals surface area contributed by atoms with Gasteiger partial charge in [0.2, 0.25) is 5.91 Å². The van der Waals surface area contributed by atoms with Crippen molar-refractivity contribution in [1.29, 1.82) is 0 Å². The van der Waals surface area contributed by atoms with E-state index in [1.807, 2.05) is 42.0 Å². The van der Waals surface area contributed by atoms with E-state index in [0.717, 1.165) is 22.9 Å². The van der Waals surface area contributed by atoms with Crippen molar-refractivity contribution in [2.75, 3.05) is 0 Å². The van der Waals surface area contributed by atoms with Gasteiger partial charge in [0, 0.05) is 23.1 Å². The lowest BCUT2D eigenvalue weighted by Crippen LogP contribution is -2.18. The highest BCUT2D eigenvalue weighted by Gasteiger charge is 2.10. The van der Waals surface area contributed by atoms with E-state index in [0.29, 0.717) is 0 Å². The van der Waals surface area contributed by atoms with Crippen LogP contribution in [0.3, 0.4) is 0 Å². The topological polar surface area (TPSA) is 74.0 Å². The van der Waals surface area contributed by atoms with Gasteiger partial charge < -0.3 is 16.0 Å². The van der Waals surface area contributed by atoms with Gasteiger partial charge in [-0.25, -0.2) is 0 Å². The summed E-state index contributed by atoms with van der Waals surface area (Å²) in [5, 5.41) is 1.14. The predicted molar refractivity (Wildman–Crippen MR) is 68.5 cm³/mol. The molecule has 4 nitrogen and oxygen atoms in total. The summed E-state index contributed by atoms with van der Waals surface area (Å²) in [6.07, 6.45) is 2.77. The molecule has 0 aliphatic carbocycles. The Labute approximate surface area is 100 Å². The van der Waals surface area contributed by atoms with Gasteiger partial charge in [0.05, 0.1) is 0 Å². The molecule has 17 heavy (non-hydrogen) atoms. The van der Waals surface area contributed by atoms with Gasteiger partial charge in [0.25, 0.3) is 0 Å². The van der Waals surface area contributed by atoms with Gasteiger partial charge in [0.15, 0.2) is 0 Å². The van der Waals surface area contributed by atoms with E-state index in [1.54, 1.807) is 0 Å². The molecule has 0 aliphatic heterocycles. The fourth-order valence-electron chi connectivity index (χ4n) is 2.13. The van der Waals surface area contributed by atoms with E-state index < -0.39 is 0 Å². The van der Waals surface area contributed by atoms with Crippen LogP contribution in [0, 0.1) is 0 Å². The quantitative estimate of drug-likeness (QED) is 0.824. The largest absolute Gasteiger partial charge is 0.368 e. The van der Waals surface area contributed by atoms with Gasteiger partial charge in [-0.1, -0.05) is 18.2 Å². The van der Waals surface area contributed by atoms with Gasteiger partial charge in [0.1, 0.15) is 6.54 Å². The van der Waals surface area contributed by atoms with Crippen LogP contribution in [-0.2, 0) is 17.8 Å². The zero-order valence-corrected chi connectivity index (χ0v) is 9.89. The maximum atomic E-state index is 11.0. The molecule has 1 amide bonds. The number of amides is 1. The number of hydrogen-bond acceptors (Lipinski definition) is 2. The standard InChI is InChI=1S/C13H17N3O/c1-9(14)6-10-7-16(8-13(15)17)12-5-3-2-4-11(10)12/h2-5,7,9H,6,8,14H2,1H3,(H2,15,17). The first-order valence-electron chi connectivity index (χ1n) is 5.68. The van der Waals surface area contributed by atoms with Crippen molar-refractivity contribution in [3.05, 3.63) is 36.0 Å². The number of rotatable bonds is 4. The monoisotopic (exact) mass is 231 g/mol. The smallest absolute Gasteiger partial charge is 0.237 e. The normalized spacial score (nSPS) is 12.8. The highest BCUT2D eigenvalue weighted by Crippen LogP contribution is 2.22. The van der Waals surface area contributed by atoms with Crippen LogP contribution >= 0.6 is 0 Å². The van der Waals surface area contributed by atoms with Crippen molar-refractivity contribution in [3.63, 3.8) is 0 Å². The summed E-state index contributed by atoms with van der Waals surface area (Å²) < 4.78 is 1.88. The van der Waals surface area contributed by atoms with Crippen molar-refractivity contribution < 1.29 is 4.79 Å². The SMILES string of the molecule is CC(N)Cc1cn(CC(N)=O)c2ccccc12. The summed E-state index contributed by atoms with van der Waals surface area (Å²) in [4.78, 5) is 11.0. The number of benzene rings is 1. The molecule has 0 fully saturated rings. The minimum absolute atomic E-state index is 0.0998. The summed E-state index contributed by atoms with van der Waals surface area (Å²) in [6.45, 7) is 2.18. The third-order valence-corrected chi connectivity index (χ3v) is 2.74. The second kappa shape index (κ2) is 4.59. The van der Waals surface area contributed by atoms with E-state index in [2.05, 4.69) is 0 Å². The number of fused-ring (bicyclic) bond motifs is 1. The number of para-hydroxylation sites is 1. The molecule has 2 aromatic rings. The van der Waals surface area contributed by atoms with E-state index in [9.17, 15) is 4.79 Å². The molecular formula is C13H17N3O. The van der Waals surface area contributed by atoms with Crippen molar-refractivity contribution in [2.24, 2.45) is 11.5 Å². The highest BCUT2D eigenvalue weighted by molar-refractivity contribution is 5.86. The summed E-state index contributed by atoms with van der Waals surface area (Å²) in [5.41, 5.74) is 13.3. The Morgan fingerprint density at radius 3 is 2.76 bits per heavy atom. The third-order valence-electron chi connectivity index (χ3n) is 2.74. The van der Waals surface area contributed by atoms with E-state index in [-0.39, 0.29) is 18.5 Å². The zero-order chi connectivity index (χ0) is 12.4. The molecule has 0 saturated carbocycles. The van der Waals surface area contributed by atoms with Crippen LogP contribution in [0.4, 0.5) is 0 Å². The lowest BCUT2D eigenvalue weighted by Gasteiger charge is -2.02. The van der Waals surface area contributed by atoms with Gasteiger partial charge >= 0.3 is 0 Å². The molecular weight excluding hydrogens is 214 g/mol. The van der Waals surface area contributed by atoms with Crippen molar-refractivity contribution in [1.82, 2.24) is 4.57 Å². The Kier molecular flexibility index (Phi) is 3.15. The van der Waals surface area contributed by atoms with Gasteiger partial charge in [-0.05, 0) is 25.0 Å². The molecule has 0 saturated heterocycles. The maximum Gasteiger partial charge on any atom is 0.237 e. The molecule has 0 bridgehead atoms. The average molecular weight is 231 g/mol. The fourth-order valence-corrected chi connectivity index (χ4v) is 2.13. The summed E-state index contributed by atoms with van der Waals surface area (Å²) in [7, 11) is 0. The first kappa shape index (κ1) is 11.7. The number of aromatic nitrogens is 1. The Morgan fingerprint density at radius 2 is 2.12 bits per heavy atom. The molecule has 4 N–H and O–H groups in total. The lowest BCUT2D eigenvalue weighted by atomic mass is 10.1. The summed E-state index contributed by atoms with van der Waals surface area (Å²) >= 11 is 0. The number of nitrogens with two attached hydrogens (primary N) is 2. The van der Waals surface area contributed by atoms with Gasteiger partial charge in [-0.15, -0.1) is 0 Å². The van der Waals surface area contributed by atoms with Gasteiger partial charge in [-0.3, -0.25) is 4.79 Å². The second-order valence-electron chi connectivity index (χ2n) is 4.45. The lowest BCUT2D eigenvalue weighted by molar-refractivity contribution is -0.118. The second-order valence-corrected chi connectivity index (χ2v) is 4.45. The molecule has 4 heteroatoms. The molecule has 0 radical (unpaired) electrons. The van der Waals surface area contributed by atoms with E-state index >= 15 is 0 Å². The number of primary amides is 1. The number of carbonyl (C=O) groups is 1. The zero-order valence-electron chi connectivity index (χ0n) is 9.89. The molecule has 0 aliphatic rings. The minimum atomic E-state index is -0.335. The Bertz CT molecular complexity index is 543. The fraction of sp³-hybridized carbons (Fsp3) is 0.308. The van der Waals surface area contributed by atoms with Crippen molar-refractivity contribution >= 4 is 16.8 Å². The Morgan fingerprint density at radius 1 is 1.41 bits per heavy atom. The van der Waals surface area contributed by atoms with Crippen LogP contribution in [0.5, 0.6) is 0 Å². The highest BCUT2D eigenvalue weighted by atomic mass is 16.1. The van der Waals surface area contributed by atoms with Gasteiger partial charge in [-0.2, -0.15) is 0 Å². The average Bonchev–Trinajstić information content (AvgIpc) is 2.56. The Balaban J connectivity index is 2.50. The van der Waals surface area contributed by atoms with Crippen molar-refractivity contribution in [2.45, 2.75) is 25.9 Å². The van der Waals surface area contributed by atoms with Crippen LogP contribution < -0.4 is 11.5 Å². The first-order chi connectivity index (χ1) is 8.08. The maximum absolute atomic E-state index is 11.0. The Hall–Kier alpha value is -1.81. The molecule has 2 rings (SSSR count). The van der Waals surface area contributed by atoms with Crippen molar-refractivity contribution in [3.8, 4) is 0 Å². The molecule has 1 unspecified atom stereocenters. The molecule has 1 aromatic heterocycles. The first-order valence-corrected chi connectivity index (χ1v) is 5.68. The number of carbonyl (C=O) groups excluding carboxylic acids is 1. The minimum Gasteiger partial charge on any atom is -0.368 e. The van der Waals surface area contributed by atoms with Crippen LogP contribution in [0.25, 0.3) is 10.9 Å². The van der Waals surface area contributed by atoms with Crippen LogP contribution in [-0.4, -0.2) is 16.5 Å². The number of nitrogens with zero attached hydrogens (tertiary/aromatic N) is 1. The molecule has 90 valence electrons. The van der Waals surface area contributed by atoms with Crippen LogP contribution in [0.15, 0.2) is 30.5 Å². The number of hydrogen-bond donors (Lipinski definition) is 2. The van der Waals surface area contributed by atoms with Crippen LogP contribution in [0.1, 0.15) is 12.5 Å².